The first kappa shape index (κ1) is 13.8. The Morgan fingerprint density at radius 3 is 2.71 bits per heavy atom. The molecule has 106 valence electrons. The van der Waals surface area contributed by atoms with Gasteiger partial charge in [0.2, 0.25) is 0 Å². The molecule has 21 heavy (non-hydrogen) atoms. The van der Waals surface area contributed by atoms with Crippen LogP contribution in [0.25, 0.3) is 0 Å². The van der Waals surface area contributed by atoms with Gasteiger partial charge in [0.05, 0.1) is 17.8 Å². The van der Waals surface area contributed by atoms with Crippen LogP contribution in [0.15, 0.2) is 58.8 Å². The fourth-order valence-corrected chi connectivity index (χ4v) is 2.65. The molecule has 0 saturated carbocycles. The van der Waals surface area contributed by atoms with E-state index in [1.54, 1.807) is 18.0 Å². The highest BCUT2D eigenvalue weighted by Gasteiger charge is 2.25. The number of anilines is 1. The van der Waals surface area contributed by atoms with Crippen molar-refractivity contribution < 1.29 is 4.79 Å². The van der Waals surface area contributed by atoms with E-state index in [1.807, 2.05) is 48.9 Å². The number of carbonyl (C=O) groups excluding carboxylic acids is 1. The summed E-state index contributed by atoms with van der Waals surface area (Å²) in [5.41, 5.74) is 2.77. The standard InChI is InChI=1S/C16H15N3OS/c1-21-15-6-4-14(5-7-15)19-16(20)10-13(18-19)9-12-3-2-8-17-11-12/h2-8,11H,9-10H2,1H3. The summed E-state index contributed by atoms with van der Waals surface area (Å²) in [6.07, 6.45) is 6.62. The summed E-state index contributed by atoms with van der Waals surface area (Å²) in [6.45, 7) is 0. The van der Waals surface area contributed by atoms with Crippen LogP contribution in [0.4, 0.5) is 5.69 Å². The smallest absolute Gasteiger partial charge is 0.253 e. The Balaban J connectivity index is 1.78. The van der Waals surface area contributed by atoms with E-state index >= 15 is 0 Å². The third-order valence-corrected chi connectivity index (χ3v) is 4.02. The SMILES string of the molecule is CSc1ccc(N2N=C(Cc3cccnc3)CC2=O)cc1. The normalized spacial score (nSPS) is 14.4. The van der Waals surface area contributed by atoms with E-state index in [1.165, 1.54) is 9.90 Å². The highest BCUT2D eigenvalue weighted by molar-refractivity contribution is 7.98. The van der Waals surface area contributed by atoms with Gasteiger partial charge < -0.3 is 0 Å². The molecule has 0 atom stereocenters. The van der Waals surface area contributed by atoms with Gasteiger partial charge in [-0.05, 0) is 42.2 Å². The van der Waals surface area contributed by atoms with Gasteiger partial charge in [0.1, 0.15) is 0 Å². The summed E-state index contributed by atoms with van der Waals surface area (Å²) in [7, 11) is 0. The molecular formula is C16H15N3OS. The lowest BCUT2D eigenvalue weighted by Crippen LogP contribution is -2.19. The van der Waals surface area contributed by atoms with Crippen LogP contribution < -0.4 is 5.01 Å². The molecule has 1 aliphatic rings. The molecule has 1 aromatic heterocycles. The molecule has 0 aliphatic carbocycles. The average Bonchev–Trinajstić information content (AvgIpc) is 2.89. The first-order chi connectivity index (χ1) is 10.3. The van der Waals surface area contributed by atoms with Crippen LogP contribution in [-0.4, -0.2) is 22.9 Å². The monoisotopic (exact) mass is 297 g/mol. The molecule has 0 radical (unpaired) electrons. The number of rotatable bonds is 4. The molecule has 0 saturated heterocycles. The van der Waals surface area contributed by atoms with Gasteiger partial charge in [-0.1, -0.05) is 6.07 Å². The molecule has 1 aliphatic heterocycles. The lowest BCUT2D eigenvalue weighted by molar-refractivity contribution is -0.116. The maximum absolute atomic E-state index is 12.1. The molecule has 1 amide bonds. The second kappa shape index (κ2) is 6.10. The minimum absolute atomic E-state index is 0.0193. The van der Waals surface area contributed by atoms with Gasteiger partial charge in [0, 0.05) is 23.7 Å². The van der Waals surface area contributed by atoms with Crippen LogP contribution in [0.3, 0.4) is 0 Å². The highest BCUT2D eigenvalue weighted by Crippen LogP contribution is 2.24. The Hall–Kier alpha value is -2.14. The van der Waals surface area contributed by atoms with E-state index in [2.05, 4.69) is 10.1 Å². The number of nitrogens with zero attached hydrogens (tertiary/aromatic N) is 3. The molecular weight excluding hydrogens is 282 g/mol. The first-order valence-electron chi connectivity index (χ1n) is 6.68. The Morgan fingerprint density at radius 1 is 1.24 bits per heavy atom. The third kappa shape index (κ3) is 3.13. The van der Waals surface area contributed by atoms with E-state index in [9.17, 15) is 4.79 Å². The van der Waals surface area contributed by atoms with Crippen molar-refractivity contribution in [2.45, 2.75) is 17.7 Å². The molecule has 1 aromatic carbocycles. The van der Waals surface area contributed by atoms with Crippen molar-refractivity contribution in [3.8, 4) is 0 Å². The quantitative estimate of drug-likeness (QED) is 0.814. The number of hydrazone groups is 1. The molecule has 4 nitrogen and oxygen atoms in total. The van der Waals surface area contributed by atoms with Crippen molar-refractivity contribution in [1.82, 2.24) is 4.98 Å². The average molecular weight is 297 g/mol. The maximum atomic E-state index is 12.1. The zero-order chi connectivity index (χ0) is 14.7. The first-order valence-corrected chi connectivity index (χ1v) is 7.91. The Morgan fingerprint density at radius 2 is 2.05 bits per heavy atom. The van der Waals surface area contributed by atoms with Crippen molar-refractivity contribution in [3.05, 3.63) is 54.4 Å². The van der Waals surface area contributed by atoms with Crippen molar-refractivity contribution in [2.75, 3.05) is 11.3 Å². The zero-order valence-corrected chi connectivity index (χ0v) is 12.5. The predicted molar refractivity (Wildman–Crippen MR) is 85.7 cm³/mol. The summed E-state index contributed by atoms with van der Waals surface area (Å²) in [6, 6.07) is 11.8. The third-order valence-electron chi connectivity index (χ3n) is 3.28. The van der Waals surface area contributed by atoms with Crippen LogP contribution in [0.5, 0.6) is 0 Å². The molecule has 0 bridgehead atoms. The van der Waals surface area contributed by atoms with Gasteiger partial charge in [-0.15, -0.1) is 11.8 Å². The number of amides is 1. The lowest BCUT2D eigenvalue weighted by atomic mass is 10.1. The lowest BCUT2D eigenvalue weighted by Gasteiger charge is -2.11. The fourth-order valence-electron chi connectivity index (χ4n) is 2.24. The van der Waals surface area contributed by atoms with Crippen molar-refractivity contribution >= 4 is 29.1 Å². The number of carbonyl (C=O) groups is 1. The summed E-state index contributed by atoms with van der Waals surface area (Å²) >= 11 is 1.68. The molecule has 0 fully saturated rings. The molecule has 0 spiro atoms. The predicted octanol–water partition coefficient (Wildman–Crippen LogP) is 3.14. The maximum Gasteiger partial charge on any atom is 0.253 e. The number of benzene rings is 1. The second-order valence-electron chi connectivity index (χ2n) is 4.78. The van der Waals surface area contributed by atoms with Gasteiger partial charge in [0.25, 0.3) is 5.91 Å². The summed E-state index contributed by atoms with van der Waals surface area (Å²) in [5, 5.41) is 5.95. The van der Waals surface area contributed by atoms with Crippen LogP contribution in [0.2, 0.25) is 0 Å². The number of hydrogen-bond donors (Lipinski definition) is 0. The van der Waals surface area contributed by atoms with Gasteiger partial charge in [-0.2, -0.15) is 5.10 Å². The molecule has 0 N–H and O–H groups in total. The zero-order valence-electron chi connectivity index (χ0n) is 11.7. The fraction of sp³-hybridized carbons (Fsp3) is 0.188. The Labute approximate surface area is 127 Å². The Bertz CT molecular complexity index is 668. The summed E-state index contributed by atoms with van der Waals surface area (Å²) in [5.74, 6) is 0.0193. The van der Waals surface area contributed by atoms with Gasteiger partial charge in [-0.3, -0.25) is 9.78 Å². The topological polar surface area (TPSA) is 45.6 Å². The molecule has 0 unspecified atom stereocenters. The van der Waals surface area contributed by atoms with E-state index in [0.29, 0.717) is 12.8 Å². The molecule has 3 rings (SSSR count). The largest absolute Gasteiger partial charge is 0.272 e. The van der Waals surface area contributed by atoms with Crippen LogP contribution in [0, 0.1) is 0 Å². The molecule has 2 aromatic rings. The summed E-state index contributed by atoms with van der Waals surface area (Å²) in [4.78, 5) is 17.4. The van der Waals surface area contributed by atoms with Crippen LogP contribution in [0.1, 0.15) is 12.0 Å². The van der Waals surface area contributed by atoms with E-state index in [-0.39, 0.29) is 5.91 Å². The van der Waals surface area contributed by atoms with Crippen molar-refractivity contribution in [2.24, 2.45) is 5.10 Å². The van der Waals surface area contributed by atoms with Gasteiger partial charge in [0.15, 0.2) is 0 Å². The molecule has 2 heterocycles. The van der Waals surface area contributed by atoms with Crippen molar-refractivity contribution in [3.63, 3.8) is 0 Å². The van der Waals surface area contributed by atoms with Crippen molar-refractivity contribution in [1.29, 1.82) is 0 Å². The number of pyridine rings is 1. The van der Waals surface area contributed by atoms with E-state index < -0.39 is 0 Å². The van der Waals surface area contributed by atoms with E-state index in [4.69, 9.17) is 0 Å². The highest BCUT2D eigenvalue weighted by atomic mass is 32.2. The number of aromatic nitrogens is 1. The van der Waals surface area contributed by atoms with Gasteiger partial charge >= 0.3 is 0 Å². The minimum atomic E-state index is 0.0193. The minimum Gasteiger partial charge on any atom is -0.272 e. The summed E-state index contributed by atoms with van der Waals surface area (Å²) < 4.78 is 0. The number of hydrogen-bond acceptors (Lipinski definition) is 4. The Kier molecular flexibility index (Phi) is 4.01. The molecule has 5 heteroatoms. The van der Waals surface area contributed by atoms with Crippen LogP contribution in [-0.2, 0) is 11.2 Å². The number of thioether (sulfide) groups is 1. The van der Waals surface area contributed by atoms with Crippen LogP contribution >= 0.6 is 11.8 Å². The second-order valence-corrected chi connectivity index (χ2v) is 5.66. The van der Waals surface area contributed by atoms with E-state index in [0.717, 1.165) is 17.0 Å². The van der Waals surface area contributed by atoms with Gasteiger partial charge in [-0.25, -0.2) is 5.01 Å².